The highest BCUT2D eigenvalue weighted by Crippen LogP contribution is 2.26. The number of hydrogen-bond acceptors (Lipinski definition) is 5. The Bertz CT molecular complexity index is 949. The molecule has 9 heteroatoms. The highest BCUT2D eigenvalue weighted by Gasteiger charge is 2.38. The highest BCUT2D eigenvalue weighted by atomic mass is 32.2. The van der Waals surface area contributed by atoms with Crippen molar-refractivity contribution >= 4 is 27.7 Å². The summed E-state index contributed by atoms with van der Waals surface area (Å²) < 4.78 is 26.9. The van der Waals surface area contributed by atoms with E-state index in [1.165, 1.54) is 11.0 Å². The summed E-state index contributed by atoms with van der Waals surface area (Å²) in [5.41, 5.74) is 0.950. The van der Waals surface area contributed by atoms with Crippen LogP contribution in [0.2, 0.25) is 0 Å². The number of nitrogens with one attached hydrogen (secondary N) is 1. The van der Waals surface area contributed by atoms with Crippen LogP contribution < -0.4 is 4.72 Å². The number of fused-ring (bicyclic) bond motifs is 1. The van der Waals surface area contributed by atoms with Crippen molar-refractivity contribution in [2.75, 3.05) is 18.8 Å². The lowest BCUT2D eigenvalue weighted by Gasteiger charge is -2.32. The van der Waals surface area contributed by atoms with E-state index in [1.807, 2.05) is 6.92 Å². The zero-order valence-corrected chi connectivity index (χ0v) is 18.5. The molecule has 0 atom stereocenters. The predicted octanol–water partition coefficient (Wildman–Crippen LogP) is 2.02. The molecule has 0 bridgehead atoms. The monoisotopic (exact) mass is 435 g/mol. The van der Waals surface area contributed by atoms with Gasteiger partial charge in [-0.3, -0.25) is 19.3 Å². The maximum Gasteiger partial charge on any atom is 0.261 e. The van der Waals surface area contributed by atoms with E-state index in [4.69, 9.17) is 0 Å². The first-order valence-corrected chi connectivity index (χ1v) is 12.1. The minimum absolute atomic E-state index is 0.123. The molecule has 0 unspecified atom stereocenters. The normalized spacial score (nSPS) is 17.7. The summed E-state index contributed by atoms with van der Waals surface area (Å²) in [4.78, 5) is 40.8. The molecule has 1 N–H and O–H groups in total. The highest BCUT2D eigenvalue weighted by molar-refractivity contribution is 7.89. The predicted molar refractivity (Wildman–Crippen MR) is 113 cm³/mol. The van der Waals surface area contributed by atoms with E-state index in [1.54, 1.807) is 30.9 Å². The molecule has 1 saturated heterocycles. The van der Waals surface area contributed by atoms with Gasteiger partial charge in [0.1, 0.15) is 0 Å². The number of amides is 3. The minimum Gasteiger partial charge on any atom is -0.339 e. The lowest BCUT2D eigenvalue weighted by molar-refractivity contribution is 0.0608. The first-order chi connectivity index (χ1) is 14.1. The molecular weight excluding hydrogens is 406 g/mol. The first kappa shape index (κ1) is 22.4. The van der Waals surface area contributed by atoms with Gasteiger partial charge in [0, 0.05) is 30.7 Å². The molecule has 2 aliphatic heterocycles. The zero-order valence-electron chi connectivity index (χ0n) is 17.7. The molecule has 1 aromatic carbocycles. The van der Waals surface area contributed by atoms with E-state index in [2.05, 4.69) is 4.72 Å². The van der Waals surface area contributed by atoms with E-state index in [0.717, 1.165) is 6.42 Å². The second-order valence-corrected chi connectivity index (χ2v) is 10.1. The van der Waals surface area contributed by atoms with Crippen molar-refractivity contribution in [1.29, 1.82) is 0 Å². The second-order valence-electron chi connectivity index (χ2n) is 8.19. The second kappa shape index (κ2) is 8.85. The number of imide groups is 1. The van der Waals surface area contributed by atoms with E-state index < -0.39 is 10.0 Å². The topological polar surface area (TPSA) is 104 Å². The number of sulfonamides is 1. The molecule has 2 heterocycles. The Morgan fingerprint density at radius 2 is 1.77 bits per heavy atom. The molecular formula is C21H29N3O5S. The molecule has 164 valence electrons. The molecule has 30 heavy (non-hydrogen) atoms. The Labute approximate surface area is 177 Å². The van der Waals surface area contributed by atoms with Gasteiger partial charge in [-0.2, -0.15) is 0 Å². The lowest BCUT2D eigenvalue weighted by atomic mass is 10.0. The molecule has 8 nitrogen and oxygen atoms in total. The van der Waals surface area contributed by atoms with Crippen LogP contribution in [0.3, 0.4) is 0 Å². The maximum atomic E-state index is 12.9. The number of hydrogen-bond donors (Lipinski definition) is 1. The van der Waals surface area contributed by atoms with Gasteiger partial charge < -0.3 is 4.90 Å². The third kappa shape index (κ3) is 4.57. The molecule has 0 aliphatic carbocycles. The Morgan fingerprint density at radius 1 is 1.13 bits per heavy atom. The third-order valence-corrected chi connectivity index (χ3v) is 7.09. The van der Waals surface area contributed by atoms with Crippen LogP contribution in [0.15, 0.2) is 18.2 Å². The number of likely N-dealkylation sites (tertiary alicyclic amines) is 1. The molecule has 0 saturated carbocycles. The van der Waals surface area contributed by atoms with E-state index in [0.29, 0.717) is 43.5 Å². The van der Waals surface area contributed by atoms with Gasteiger partial charge >= 0.3 is 0 Å². The van der Waals surface area contributed by atoms with Crippen LogP contribution in [0.5, 0.6) is 0 Å². The van der Waals surface area contributed by atoms with Gasteiger partial charge in [-0.1, -0.05) is 13.3 Å². The van der Waals surface area contributed by atoms with Crippen LogP contribution in [-0.4, -0.2) is 66.9 Å². The summed E-state index contributed by atoms with van der Waals surface area (Å²) in [6.45, 7) is 6.36. The van der Waals surface area contributed by atoms with Crippen LogP contribution in [-0.2, 0) is 10.0 Å². The van der Waals surface area contributed by atoms with E-state index in [9.17, 15) is 22.8 Å². The molecule has 1 fully saturated rings. The smallest absolute Gasteiger partial charge is 0.261 e. The van der Waals surface area contributed by atoms with Crippen LogP contribution >= 0.6 is 0 Å². The number of benzene rings is 1. The van der Waals surface area contributed by atoms with Crippen LogP contribution in [0, 0.1) is 0 Å². The van der Waals surface area contributed by atoms with Crippen molar-refractivity contribution in [3.8, 4) is 0 Å². The van der Waals surface area contributed by atoms with Crippen LogP contribution in [0.4, 0.5) is 0 Å². The molecule has 0 aromatic heterocycles. The number of rotatable bonds is 7. The number of nitrogens with zero attached hydrogens (tertiary/aromatic N) is 2. The van der Waals surface area contributed by atoms with Crippen molar-refractivity contribution in [2.24, 2.45) is 0 Å². The van der Waals surface area contributed by atoms with Crippen molar-refractivity contribution in [3.05, 3.63) is 34.9 Å². The SMILES string of the molecule is CCCCS(=O)(=O)NC1CCN(C(=O)c2ccc3c(c2)C(=O)N(C(C)C)C3=O)CC1. The Hall–Kier alpha value is -2.26. The zero-order chi connectivity index (χ0) is 22.1. The maximum absolute atomic E-state index is 12.9. The molecule has 0 radical (unpaired) electrons. The Balaban J connectivity index is 1.64. The summed E-state index contributed by atoms with van der Waals surface area (Å²) in [7, 11) is -3.29. The third-order valence-electron chi connectivity index (χ3n) is 5.58. The van der Waals surface area contributed by atoms with E-state index >= 15 is 0 Å². The molecule has 3 rings (SSSR count). The average Bonchev–Trinajstić information content (AvgIpc) is 2.96. The minimum atomic E-state index is -3.29. The van der Waals surface area contributed by atoms with Crippen LogP contribution in [0.1, 0.15) is 77.5 Å². The van der Waals surface area contributed by atoms with Gasteiger partial charge in [0.2, 0.25) is 10.0 Å². The molecule has 1 aromatic rings. The van der Waals surface area contributed by atoms with Gasteiger partial charge in [0.15, 0.2) is 0 Å². The summed E-state index contributed by atoms with van der Waals surface area (Å²) >= 11 is 0. The van der Waals surface area contributed by atoms with Gasteiger partial charge in [-0.15, -0.1) is 0 Å². The number of carbonyl (C=O) groups excluding carboxylic acids is 3. The fourth-order valence-corrected chi connectivity index (χ4v) is 5.42. The van der Waals surface area contributed by atoms with Crippen molar-refractivity contribution in [3.63, 3.8) is 0 Å². The Morgan fingerprint density at radius 3 is 2.37 bits per heavy atom. The molecule has 3 amide bonds. The summed E-state index contributed by atoms with van der Waals surface area (Å²) in [5.74, 6) is -0.800. The first-order valence-electron chi connectivity index (χ1n) is 10.5. The lowest BCUT2D eigenvalue weighted by Crippen LogP contribution is -2.47. The van der Waals surface area contributed by atoms with Gasteiger partial charge in [0.25, 0.3) is 17.7 Å². The number of carbonyl (C=O) groups is 3. The van der Waals surface area contributed by atoms with E-state index in [-0.39, 0.29) is 41.1 Å². The summed E-state index contributed by atoms with van der Waals surface area (Å²) in [6, 6.07) is 4.20. The fourth-order valence-electron chi connectivity index (χ4n) is 3.89. The number of piperidine rings is 1. The van der Waals surface area contributed by atoms with Gasteiger partial charge in [0.05, 0.1) is 16.9 Å². The van der Waals surface area contributed by atoms with Gasteiger partial charge in [-0.05, 0) is 51.3 Å². The summed E-state index contributed by atoms with van der Waals surface area (Å²) in [5, 5.41) is 0. The van der Waals surface area contributed by atoms with Crippen molar-refractivity contribution < 1.29 is 22.8 Å². The standard InChI is InChI=1S/C21H29N3O5S/c1-4-5-12-30(28,29)22-16-8-10-23(11-9-16)19(25)15-6-7-17-18(13-15)21(27)24(14(2)3)20(17)26/h6-7,13-14,16,22H,4-5,8-12H2,1-3H3. The van der Waals surface area contributed by atoms with Gasteiger partial charge in [-0.25, -0.2) is 13.1 Å². The number of unbranched alkanes of at least 4 members (excludes halogenated alkanes) is 1. The van der Waals surface area contributed by atoms with Crippen LogP contribution in [0.25, 0.3) is 0 Å². The van der Waals surface area contributed by atoms with Crippen molar-refractivity contribution in [2.45, 2.75) is 58.5 Å². The quantitative estimate of drug-likeness (QED) is 0.660. The fraction of sp³-hybridized carbons (Fsp3) is 0.571. The van der Waals surface area contributed by atoms with Crippen molar-refractivity contribution in [1.82, 2.24) is 14.5 Å². The largest absolute Gasteiger partial charge is 0.339 e. The average molecular weight is 436 g/mol. The summed E-state index contributed by atoms with van der Waals surface area (Å²) in [6.07, 6.45) is 2.53. The molecule has 0 spiro atoms. The Kier molecular flexibility index (Phi) is 6.62. The molecule has 2 aliphatic rings.